The molecule has 1 aromatic carbocycles. The first kappa shape index (κ1) is 10.0. The fourth-order valence-corrected chi connectivity index (χ4v) is 1.56. The van der Waals surface area contributed by atoms with Gasteiger partial charge in [0.05, 0.1) is 0 Å². The topological polar surface area (TPSA) is 0 Å². The predicted octanol–water partition coefficient (Wildman–Crippen LogP) is 4.15. The Balaban J connectivity index is 2.67. The average molecular weight is 174 g/mol. The molecule has 0 fully saturated rings. The van der Waals surface area contributed by atoms with Crippen LogP contribution in [0.3, 0.4) is 0 Å². The van der Waals surface area contributed by atoms with Gasteiger partial charge in [-0.15, -0.1) is 0 Å². The highest BCUT2D eigenvalue weighted by atomic mass is 14.1. The zero-order chi connectivity index (χ0) is 9.52. The smallest absolute Gasteiger partial charge is 0.0130 e. The number of allylic oxidation sites excluding steroid dienone is 2. The molecule has 0 aliphatic heterocycles. The molecule has 0 heteroatoms. The molecule has 0 nitrogen and oxygen atoms in total. The molecular formula is C13H18. The molecule has 0 saturated heterocycles. The van der Waals surface area contributed by atoms with Gasteiger partial charge in [0.1, 0.15) is 0 Å². The molecule has 0 spiro atoms. The number of hydrogen-bond donors (Lipinski definition) is 0. The van der Waals surface area contributed by atoms with Gasteiger partial charge in [0.15, 0.2) is 0 Å². The lowest BCUT2D eigenvalue weighted by atomic mass is 9.93. The highest BCUT2D eigenvalue weighted by Gasteiger charge is 2.05. The summed E-state index contributed by atoms with van der Waals surface area (Å²) in [4.78, 5) is 0. The zero-order valence-corrected chi connectivity index (χ0v) is 8.53. The van der Waals surface area contributed by atoms with Crippen LogP contribution in [-0.2, 0) is 0 Å². The third kappa shape index (κ3) is 3.06. The summed E-state index contributed by atoms with van der Waals surface area (Å²) < 4.78 is 0. The van der Waals surface area contributed by atoms with E-state index in [2.05, 4.69) is 56.3 Å². The van der Waals surface area contributed by atoms with Gasteiger partial charge in [-0.05, 0) is 31.2 Å². The maximum absolute atomic E-state index is 2.25. The van der Waals surface area contributed by atoms with E-state index in [1.807, 2.05) is 0 Å². The van der Waals surface area contributed by atoms with Gasteiger partial charge < -0.3 is 0 Å². The summed E-state index contributed by atoms with van der Waals surface area (Å²) in [5.41, 5.74) is 1.46. The first-order valence-electron chi connectivity index (χ1n) is 5.04. The second-order valence-electron chi connectivity index (χ2n) is 3.32. The molecule has 0 aromatic heterocycles. The van der Waals surface area contributed by atoms with E-state index in [4.69, 9.17) is 0 Å². The van der Waals surface area contributed by atoms with Gasteiger partial charge in [0.25, 0.3) is 0 Å². The standard InChI is InChI=1S/C13H18/c1-3-5-9-12(4-2)13-10-7-6-8-11-13/h3,5-8,10-12H,4,9H2,1-2H3/b5-3-. The lowest BCUT2D eigenvalue weighted by Gasteiger charge is -2.12. The van der Waals surface area contributed by atoms with Crippen LogP contribution in [0, 0.1) is 0 Å². The van der Waals surface area contributed by atoms with E-state index in [1.54, 1.807) is 0 Å². The molecule has 0 aliphatic rings. The van der Waals surface area contributed by atoms with Crippen molar-refractivity contribution in [3.8, 4) is 0 Å². The van der Waals surface area contributed by atoms with Gasteiger partial charge >= 0.3 is 0 Å². The van der Waals surface area contributed by atoms with E-state index in [0.29, 0.717) is 5.92 Å². The molecule has 1 unspecified atom stereocenters. The van der Waals surface area contributed by atoms with Crippen LogP contribution in [0.1, 0.15) is 38.2 Å². The molecule has 0 aliphatic carbocycles. The molecule has 0 amide bonds. The molecule has 0 bridgehead atoms. The molecule has 1 aromatic rings. The predicted molar refractivity (Wildman–Crippen MR) is 58.9 cm³/mol. The van der Waals surface area contributed by atoms with Gasteiger partial charge in [-0.25, -0.2) is 0 Å². The fourth-order valence-electron chi connectivity index (χ4n) is 1.56. The monoisotopic (exact) mass is 174 g/mol. The maximum Gasteiger partial charge on any atom is -0.0130 e. The van der Waals surface area contributed by atoms with Crippen LogP contribution in [0.15, 0.2) is 42.5 Å². The van der Waals surface area contributed by atoms with Crippen LogP contribution >= 0.6 is 0 Å². The Morgan fingerprint density at radius 1 is 1.23 bits per heavy atom. The first-order chi connectivity index (χ1) is 6.38. The quantitative estimate of drug-likeness (QED) is 0.602. The van der Waals surface area contributed by atoms with Gasteiger partial charge in [-0.2, -0.15) is 0 Å². The lowest BCUT2D eigenvalue weighted by Crippen LogP contribution is -1.94. The molecule has 1 atom stereocenters. The van der Waals surface area contributed by atoms with Crippen LogP contribution in [0.2, 0.25) is 0 Å². The summed E-state index contributed by atoms with van der Waals surface area (Å²) in [5, 5.41) is 0. The van der Waals surface area contributed by atoms with Crippen molar-refractivity contribution >= 4 is 0 Å². The highest BCUT2D eigenvalue weighted by molar-refractivity contribution is 5.20. The summed E-state index contributed by atoms with van der Waals surface area (Å²) in [6.07, 6.45) is 6.76. The Kier molecular flexibility index (Phi) is 4.31. The maximum atomic E-state index is 2.25. The molecule has 0 radical (unpaired) electrons. The minimum absolute atomic E-state index is 0.692. The Morgan fingerprint density at radius 2 is 1.92 bits per heavy atom. The van der Waals surface area contributed by atoms with Crippen molar-refractivity contribution in [3.05, 3.63) is 48.0 Å². The van der Waals surface area contributed by atoms with Crippen molar-refractivity contribution in [3.63, 3.8) is 0 Å². The van der Waals surface area contributed by atoms with Crippen molar-refractivity contribution in [2.75, 3.05) is 0 Å². The Labute approximate surface area is 81.3 Å². The third-order valence-corrected chi connectivity index (χ3v) is 2.42. The summed E-state index contributed by atoms with van der Waals surface area (Å²) in [6.45, 7) is 4.33. The third-order valence-electron chi connectivity index (χ3n) is 2.42. The van der Waals surface area contributed by atoms with Crippen molar-refractivity contribution in [1.82, 2.24) is 0 Å². The minimum atomic E-state index is 0.692. The molecule has 0 N–H and O–H groups in total. The molecular weight excluding hydrogens is 156 g/mol. The Morgan fingerprint density at radius 3 is 2.46 bits per heavy atom. The molecule has 13 heavy (non-hydrogen) atoms. The average Bonchev–Trinajstić information content (AvgIpc) is 2.21. The Bertz CT molecular complexity index is 246. The summed E-state index contributed by atoms with van der Waals surface area (Å²) in [7, 11) is 0. The fraction of sp³-hybridized carbons (Fsp3) is 0.385. The zero-order valence-electron chi connectivity index (χ0n) is 8.53. The number of rotatable bonds is 4. The van der Waals surface area contributed by atoms with Gasteiger partial charge in [0.2, 0.25) is 0 Å². The van der Waals surface area contributed by atoms with E-state index in [0.717, 1.165) is 6.42 Å². The van der Waals surface area contributed by atoms with Crippen molar-refractivity contribution in [2.45, 2.75) is 32.6 Å². The number of benzene rings is 1. The molecule has 0 heterocycles. The molecule has 1 rings (SSSR count). The van der Waals surface area contributed by atoms with Gasteiger partial charge in [-0.3, -0.25) is 0 Å². The van der Waals surface area contributed by atoms with Crippen molar-refractivity contribution in [2.24, 2.45) is 0 Å². The van der Waals surface area contributed by atoms with E-state index >= 15 is 0 Å². The van der Waals surface area contributed by atoms with Gasteiger partial charge in [0, 0.05) is 0 Å². The summed E-state index contributed by atoms with van der Waals surface area (Å²) >= 11 is 0. The van der Waals surface area contributed by atoms with Crippen LogP contribution in [-0.4, -0.2) is 0 Å². The van der Waals surface area contributed by atoms with E-state index in [-0.39, 0.29) is 0 Å². The van der Waals surface area contributed by atoms with E-state index in [1.165, 1.54) is 12.0 Å². The van der Waals surface area contributed by atoms with Crippen LogP contribution in [0.4, 0.5) is 0 Å². The normalized spacial score (nSPS) is 13.4. The number of hydrogen-bond acceptors (Lipinski definition) is 0. The van der Waals surface area contributed by atoms with Crippen LogP contribution in [0.25, 0.3) is 0 Å². The second-order valence-corrected chi connectivity index (χ2v) is 3.32. The Hall–Kier alpha value is -1.04. The lowest BCUT2D eigenvalue weighted by molar-refractivity contribution is 0.674. The SMILES string of the molecule is C/C=C\CC(CC)c1ccccc1. The second kappa shape index (κ2) is 5.58. The van der Waals surface area contributed by atoms with E-state index < -0.39 is 0 Å². The van der Waals surface area contributed by atoms with Gasteiger partial charge in [-0.1, -0.05) is 49.4 Å². The largest absolute Gasteiger partial charge is 0.0916 e. The highest BCUT2D eigenvalue weighted by Crippen LogP contribution is 2.22. The minimum Gasteiger partial charge on any atom is -0.0916 e. The summed E-state index contributed by atoms with van der Waals surface area (Å²) in [6, 6.07) is 10.8. The van der Waals surface area contributed by atoms with E-state index in [9.17, 15) is 0 Å². The molecule has 0 saturated carbocycles. The molecule has 70 valence electrons. The summed E-state index contributed by atoms with van der Waals surface area (Å²) in [5.74, 6) is 0.692. The first-order valence-corrected chi connectivity index (χ1v) is 5.04. The van der Waals surface area contributed by atoms with Crippen LogP contribution < -0.4 is 0 Å². The van der Waals surface area contributed by atoms with Crippen molar-refractivity contribution in [1.29, 1.82) is 0 Å². The van der Waals surface area contributed by atoms with Crippen LogP contribution in [0.5, 0.6) is 0 Å². The van der Waals surface area contributed by atoms with Crippen molar-refractivity contribution < 1.29 is 0 Å².